The number of aromatic amines is 1. The Balaban J connectivity index is 1.13. The number of aliphatic hydroxyl groups is 2. The normalized spacial score (nSPS) is 18.0. The Morgan fingerprint density at radius 3 is 2.37 bits per heavy atom. The number of amides is 1. The summed E-state index contributed by atoms with van der Waals surface area (Å²) in [5, 5.41) is 22.2. The van der Waals surface area contributed by atoms with Crippen LogP contribution in [-0.4, -0.2) is 71.7 Å². The average Bonchev–Trinajstić information content (AvgIpc) is 3.41. The molecule has 0 aromatic carbocycles. The van der Waals surface area contributed by atoms with Crippen LogP contribution in [0.2, 0.25) is 0 Å². The summed E-state index contributed by atoms with van der Waals surface area (Å²) >= 11 is 1.65. The third-order valence-electron chi connectivity index (χ3n) is 6.92. The minimum Gasteiger partial charge on any atom is -0.394 e. The Morgan fingerprint density at radius 2 is 1.77 bits per heavy atom. The third kappa shape index (κ3) is 7.82. The van der Waals surface area contributed by atoms with Gasteiger partial charge in [0.15, 0.2) is 0 Å². The number of carbonyl (C=O) groups is 1. The number of aryl methyl sites for hydroxylation is 1. The SMILES string of the molecule is O=C(CCc1cn([C@H]2C[C@H](O)[C@@H](CO)O2)c(=O)[nH]c1=O)NCCCSc1cc(-c2ccccn2)nc(-c2ccccn2)c1. The number of H-pyrrole nitrogens is 1. The van der Waals surface area contributed by atoms with Gasteiger partial charge in [-0.15, -0.1) is 11.8 Å². The zero-order valence-electron chi connectivity index (χ0n) is 23.3. The maximum absolute atomic E-state index is 12.5. The van der Waals surface area contributed by atoms with Gasteiger partial charge in [0.05, 0.1) is 35.5 Å². The van der Waals surface area contributed by atoms with Crippen LogP contribution >= 0.6 is 11.8 Å². The molecule has 0 bridgehead atoms. The van der Waals surface area contributed by atoms with E-state index in [-0.39, 0.29) is 37.3 Å². The Bertz CT molecular complexity index is 1590. The molecule has 12 nitrogen and oxygen atoms in total. The molecular formula is C30H32N6O6S. The molecule has 4 aromatic rings. The molecular weight excluding hydrogens is 572 g/mol. The lowest BCUT2D eigenvalue weighted by molar-refractivity contribution is -0.121. The summed E-state index contributed by atoms with van der Waals surface area (Å²) in [5.41, 5.74) is 2.04. The van der Waals surface area contributed by atoms with Crippen LogP contribution in [0, 0.1) is 0 Å². The molecule has 1 saturated heterocycles. The van der Waals surface area contributed by atoms with Crippen molar-refractivity contribution >= 4 is 17.7 Å². The van der Waals surface area contributed by atoms with Crippen LogP contribution in [0.5, 0.6) is 0 Å². The Hall–Kier alpha value is -4.17. The monoisotopic (exact) mass is 604 g/mol. The van der Waals surface area contributed by atoms with Gasteiger partial charge in [-0.2, -0.15) is 0 Å². The zero-order chi connectivity index (χ0) is 30.2. The molecule has 4 N–H and O–H groups in total. The highest BCUT2D eigenvalue weighted by atomic mass is 32.2. The van der Waals surface area contributed by atoms with E-state index in [2.05, 4.69) is 20.3 Å². The van der Waals surface area contributed by atoms with Crippen molar-refractivity contribution in [1.82, 2.24) is 29.8 Å². The molecule has 1 aliphatic heterocycles. The molecule has 0 radical (unpaired) electrons. The maximum atomic E-state index is 12.5. The second kappa shape index (κ2) is 14.3. The summed E-state index contributed by atoms with van der Waals surface area (Å²) in [5.74, 6) is 0.536. The molecule has 0 spiro atoms. The van der Waals surface area contributed by atoms with Gasteiger partial charge in [0.25, 0.3) is 5.56 Å². The number of thioether (sulfide) groups is 1. The molecule has 3 atom stereocenters. The Kier molecular flexibility index (Phi) is 10.1. The van der Waals surface area contributed by atoms with E-state index >= 15 is 0 Å². The van der Waals surface area contributed by atoms with Gasteiger partial charge in [0, 0.05) is 48.4 Å². The third-order valence-corrected chi connectivity index (χ3v) is 7.98. The zero-order valence-corrected chi connectivity index (χ0v) is 24.1. The number of hydrogen-bond donors (Lipinski definition) is 4. The summed E-state index contributed by atoms with van der Waals surface area (Å²) < 4.78 is 6.71. The Morgan fingerprint density at radius 1 is 1.07 bits per heavy atom. The first-order chi connectivity index (χ1) is 20.9. The molecule has 4 aromatic heterocycles. The van der Waals surface area contributed by atoms with Gasteiger partial charge >= 0.3 is 5.69 Å². The van der Waals surface area contributed by atoms with Crippen molar-refractivity contribution in [3.05, 3.63) is 93.5 Å². The lowest BCUT2D eigenvalue weighted by atomic mass is 10.1. The number of nitrogens with zero attached hydrogens (tertiary/aromatic N) is 4. The average molecular weight is 605 g/mol. The molecule has 0 saturated carbocycles. The van der Waals surface area contributed by atoms with E-state index in [0.717, 1.165) is 39.8 Å². The van der Waals surface area contributed by atoms with Gasteiger partial charge in [-0.25, -0.2) is 9.78 Å². The van der Waals surface area contributed by atoms with Crippen molar-refractivity contribution in [1.29, 1.82) is 0 Å². The molecule has 13 heteroatoms. The molecule has 1 aliphatic rings. The number of aliphatic hydroxyl groups excluding tert-OH is 2. The van der Waals surface area contributed by atoms with E-state index < -0.39 is 29.7 Å². The van der Waals surface area contributed by atoms with Gasteiger partial charge in [-0.3, -0.25) is 29.1 Å². The van der Waals surface area contributed by atoms with Crippen molar-refractivity contribution in [2.75, 3.05) is 18.9 Å². The Labute approximate surface area is 251 Å². The maximum Gasteiger partial charge on any atom is 0.330 e. The van der Waals surface area contributed by atoms with E-state index in [9.17, 15) is 24.6 Å². The first-order valence-corrected chi connectivity index (χ1v) is 14.9. The second-order valence-electron chi connectivity index (χ2n) is 9.99. The molecule has 1 fully saturated rings. The summed E-state index contributed by atoms with van der Waals surface area (Å²) in [6.07, 6.45) is 3.28. The number of hydrogen-bond acceptors (Lipinski definition) is 10. The highest BCUT2D eigenvalue weighted by Gasteiger charge is 2.35. The van der Waals surface area contributed by atoms with Gasteiger partial charge in [0.1, 0.15) is 12.3 Å². The van der Waals surface area contributed by atoms with E-state index in [1.54, 1.807) is 24.2 Å². The fraction of sp³-hybridized carbons (Fsp3) is 0.333. The highest BCUT2D eigenvalue weighted by Crippen LogP contribution is 2.29. The quantitative estimate of drug-likeness (QED) is 0.138. The number of nitrogens with one attached hydrogen (secondary N) is 2. The summed E-state index contributed by atoms with van der Waals surface area (Å²) in [4.78, 5) is 54.0. The predicted octanol–water partition coefficient (Wildman–Crippen LogP) is 1.93. The van der Waals surface area contributed by atoms with Gasteiger partial charge in [0.2, 0.25) is 5.91 Å². The number of pyridine rings is 3. The molecule has 5 rings (SSSR count). The van der Waals surface area contributed by atoms with E-state index in [0.29, 0.717) is 6.54 Å². The van der Waals surface area contributed by atoms with Crippen molar-refractivity contribution in [3.63, 3.8) is 0 Å². The van der Waals surface area contributed by atoms with E-state index in [1.165, 1.54) is 10.8 Å². The summed E-state index contributed by atoms with van der Waals surface area (Å²) in [7, 11) is 0. The number of rotatable bonds is 12. The number of carbonyl (C=O) groups excluding carboxylic acids is 1. The first-order valence-electron chi connectivity index (χ1n) is 13.9. The van der Waals surface area contributed by atoms with Crippen molar-refractivity contribution in [2.24, 2.45) is 0 Å². The minimum atomic E-state index is -0.925. The molecule has 224 valence electrons. The molecule has 0 aliphatic carbocycles. The van der Waals surface area contributed by atoms with Gasteiger partial charge in [-0.1, -0.05) is 12.1 Å². The van der Waals surface area contributed by atoms with Crippen LogP contribution in [0.3, 0.4) is 0 Å². The summed E-state index contributed by atoms with van der Waals surface area (Å²) in [6, 6.07) is 15.4. The van der Waals surface area contributed by atoms with E-state index in [4.69, 9.17) is 9.72 Å². The van der Waals surface area contributed by atoms with Gasteiger partial charge in [-0.05, 0) is 55.0 Å². The molecule has 1 amide bonds. The van der Waals surface area contributed by atoms with Crippen LogP contribution < -0.4 is 16.6 Å². The second-order valence-corrected chi connectivity index (χ2v) is 11.2. The lowest BCUT2D eigenvalue weighted by Gasteiger charge is -2.15. The molecule has 43 heavy (non-hydrogen) atoms. The number of aromatic nitrogens is 5. The van der Waals surface area contributed by atoms with Crippen LogP contribution in [0.15, 0.2) is 81.6 Å². The standard InChI is InChI=1S/C30H32N6O6S/c37-18-26-25(38)16-28(42-26)36-17-19(29(40)35-30(36)41)8-9-27(39)33-12-5-13-43-20-14-23(21-6-1-3-10-31-21)34-24(15-20)22-7-2-4-11-32-22/h1-4,6-7,10-11,14-15,17,25-26,28,37-38H,5,8-9,12-13,16,18H2,(H,33,39)(H,35,40,41)/t25-,26+,28+/m0/s1. The van der Waals surface area contributed by atoms with Crippen LogP contribution in [0.25, 0.3) is 22.8 Å². The number of ether oxygens (including phenoxy) is 1. The topological polar surface area (TPSA) is 172 Å². The van der Waals surface area contributed by atoms with Crippen LogP contribution in [0.4, 0.5) is 0 Å². The molecule has 5 heterocycles. The smallest absolute Gasteiger partial charge is 0.330 e. The summed E-state index contributed by atoms with van der Waals surface area (Å²) in [6.45, 7) is 0.0750. The van der Waals surface area contributed by atoms with Gasteiger partial charge < -0.3 is 20.3 Å². The van der Waals surface area contributed by atoms with Crippen LogP contribution in [0.1, 0.15) is 31.1 Å². The van der Waals surface area contributed by atoms with E-state index in [1.807, 2.05) is 48.5 Å². The fourth-order valence-electron chi connectivity index (χ4n) is 4.68. The first kappa shape index (κ1) is 30.3. The predicted molar refractivity (Wildman–Crippen MR) is 160 cm³/mol. The molecule has 0 unspecified atom stereocenters. The van der Waals surface area contributed by atoms with Crippen molar-refractivity contribution < 1.29 is 19.7 Å². The lowest BCUT2D eigenvalue weighted by Crippen LogP contribution is -2.35. The minimum absolute atomic E-state index is 0.0626. The van der Waals surface area contributed by atoms with Crippen molar-refractivity contribution in [3.8, 4) is 22.8 Å². The van der Waals surface area contributed by atoms with Crippen LogP contribution in [-0.2, 0) is 16.0 Å². The fourth-order valence-corrected chi connectivity index (χ4v) is 5.59. The highest BCUT2D eigenvalue weighted by molar-refractivity contribution is 7.99. The van der Waals surface area contributed by atoms with Crippen molar-refractivity contribution in [2.45, 2.75) is 49.0 Å². The largest absolute Gasteiger partial charge is 0.394 e.